The zero-order valence-corrected chi connectivity index (χ0v) is 65.2. The SMILES string of the molecule is CC(C)(C)c1ccc(-c2cc(-c3nn[nH]n3)ncn2)cc1Cl.CC(C)(C)c1ccc(-c2cc(-c3noc(=O)[nH]3)ncn2)cc1Cl.Cc1c(-c2ccc(OC3CC3)c(Cl)c2)ncnc1-c1nn[nH]n1.Clc1cc(-c2cc(-c3nn[nH]n3)ncn2)ccc1-c1ccco1.O=c1[nH]c(-c2cc(-c3ccc(-c4ccco4)c(Cl)c3)ncn2)no1. The number of hydrogen-bond acceptors (Lipinski definition) is 28. The average Bonchev–Trinajstić information content (AvgIpc) is 1.82. The highest BCUT2D eigenvalue weighted by Gasteiger charge is 2.26. The summed E-state index contributed by atoms with van der Waals surface area (Å²) in [6.45, 7) is 14.6. The fraction of sp³-hybridized carbons (Fsp3) is 0.156. The monoisotopic (exact) mass is 1640 g/mol. The summed E-state index contributed by atoms with van der Waals surface area (Å²) in [4.78, 5) is 69.2. The van der Waals surface area contributed by atoms with Crippen LogP contribution in [0.25, 0.3) is 137 Å². The van der Waals surface area contributed by atoms with Gasteiger partial charge in [-0.3, -0.25) is 19.0 Å². The molecule has 17 aromatic rings. The molecule has 12 aromatic heterocycles. The van der Waals surface area contributed by atoms with Gasteiger partial charge in [-0.25, -0.2) is 59.4 Å². The Labute approximate surface area is 675 Å². The Morgan fingerprint density at radius 1 is 0.400 bits per heavy atom. The van der Waals surface area contributed by atoms with Crippen molar-refractivity contribution in [1.82, 2.24) is 132 Å². The van der Waals surface area contributed by atoms with E-state index in [9.17, 15) is 9.59 Å². The van der Waals surface area contributed by atoms with Crippen LogP contribution < -0.4 is 16.2 Å². The standard InChI is InChI=1S/C16H9ClN4O3.C16H15ClN4O2.C15H13ClN6O.C15H9ClN6O.C15H15ClN6/c17-11-6-9(3-4-10(11)14-2-1-5-23-14)12-7-13(19-8-18-12)15-20-16(22)24-21-15;1-16(2,3)10-5-4-9(6-11(10)17)12-7-13(19-8-18-12)14-20-15(22)23-21-14;1-8-13(17-7-18-14(8)15-19-21-22-20-15)9-2-5-12(11(16)6-9)23-10-3-4-10;16-11-6-9(3-4-10(11)14-2-1-5-23-14)12-7-13(18-8-17-12)15-19-21-22-20-15;1-15(2,3)10-5-4-9(6-11(10)16)12-7-13(18-8-17-12)14-19-21-22-20-14/h1-8H,(H,20,21,22);4-8H,1-3H3,(H,20,21,22);2,5-7,10H,3-4H2,1H3,(H,19,20,21,22);1-8H,(H,19,20,21,22);4-8H,1-3H3,(H,19,20,21,22). The Balaban J connectivity index is 0.000000119. The number of hydrogen-bond donors (Lipinski definition) is 5. The molecule has 5 N–H and O–H groups in total. The van der Waals surface area contributed by atoms with Gasteiger partial charge in [0.25, 0.3) is 0 Å². The summed E-state index contributed by atoms with van der Waals surface area (Å²) in [5, 5.41) is 51.8. The fourth-order valence-corrected chi connectivity index (χ4v) is 13.0. The van der Waals surface area contributed by atoms with E-state index in [-0.39, 0.29) is 22.5 Å². The molecule has 33 nitrogen and oxygen atoms in total. The third-order valence-corrected chi connectivity index (χ3v) is 18.6. The number of nitrogens with one attached hydrogen (secondary N) is 5. The minimum absolute atomic E-state index is 0.00290. The smallest absolute Gasteiger partial charge is 0.439 e. The van der Waals surface area contributed by atoms with Crippen molar-refractivity contribution in [2.45, 2.75) is 78.2 Å². The first-order valence-electron chi connectivity index (χ1n) is 34.7. The number of furan rings is 2. The molecule has 12 heterocycles. The van der Waals surface area contributed by atoms with E-state index in [1.807, 2.05) is 116 Å². The highest BCUT2D eigenvalue weighted by atomic mass is 35.5. The molecule has 0 unspecified atom stereocenters. The second-order valence-corrected chi connectivity index (χ2v) is 29.2. The Bertz CT molecular complexity index is 6300. The van der Waals surface area contributed by atoms with E-state index in [0.29, 0.717) is 101 Å². The first-order valence-corrected chi connectivity index (χ1v) is 36.6. The summed E-state index contributed by atoms with van der Waals surface area (Å²) < 4.78 is 25.5. The molecule has 0 spiro atoms. The van der Waals surface area contributed by atoms with Crippen LogP contribution in [0.2, 0.25) is 25.1 Å². The molecule has 576 valence electrons. The minimum atomic E-state index is -0.643. The molecule has 0 atom stereocenters. The molecule has 1 saturated carbocycles. The number of benzene rings is 5. The molecule has 0 aliphatic heterocycles. The average molecular weight is 1640 g/mol. The number of aromatic amines is 5. The van der Waals surface area contributed by atoms with E-state index in [2.05, 4.69) is 183 Å². The van der Waals surface area contributed by atoms with Crippen LogP contribution in [0.15, 0.2) is 211 Å². The molecular weight excluding hydrogens is 1580 g/mol. The van der Waals surface area contributed by atoms with Gasteiger partial charge in [0, 0.05) is 54.6 Å². The summed E-state index contributed by atoms with van der Waals surface area (Å²) in [6.07, 6.45) is 12.9. The van der Waals surface area contributed by atoms with Crippen LogP contribution >= 0.6 is 58.0 Å². The zero-order valence-electron chi connectivity index (χ0n) is 61.5. The summed E-state index contributed by atoms with van der Waals surface area (Å²) in [5.41, 5.74) is 15.2. The summed E-state index contributed by atoms with van der Waals surface area (Å²) in [6, 6.07) is 43.0. The molecule has 38 heteroatoms. The van der Waals surface area contributed by atoms with Crippen molar-refractivity contribution in [3.05, 3.63) is 247 Å². The molecule has 1 aliphatic carbocycles. The lowest BCUT2D eigenvalue weighted by Crippen LogP contribution is -2.11. The second kappa shape index (κ2) is 34.6. The van der Waals surface area contributed by atoms with Crippen molar-refractivity contribution in [2.75, 3.05) is 0 Å². The van der Waals surface area contributed by atoms with Crippen LogP contribution in [-0.2, 0) is 10.8 Å². The van der Waals surface area contributed by atoms with Gasteiger partial charge in [0.05, 0.1) is 62.2 Å². The highest BCUT2D eigenvalue weighted by molar-refractivity contribution is 6.34. The van der Waals surface area contributed by atoms with Gasteiger partial charge in [-0.2, -0.15) is 15.6 Å². The Morgan fingerprint density at radius 3 is 1.14 bits per heavy atom. The van der Waals surface area contributed by atoms with E-state index in [1.165, 1.54) is 31.6 Å². The van der Waals surface area contributed by atoms with Gasteiger partial charge in [-0.15, -0.1) is 30.6 Å². The largest absolute Gasteiger partial charge is 0.489 e. The predicted octanol–water partition coefficient (Wildman–Crippen LogP) is 16.2. The summed E-state index contributed by atoms with van der Waals surface area (Å²) in [7, 11) is 0. The van der Waals surface area contributed by atoms with E-state index >= 15 is 0 Å². The van der Waals surface area contributed by atoms with Gasteiger partial charge in [0.15, 0.2) is 0 Å². The molecule has 0 saturated heterocycles. The lowest BCUT2D eigenvalue weighted by atomic mass is 9.86. The van der Waals surface area contributed by atoms with Crippen LogP contribution in [0.1, 0.15) is 71.1 Å². The molecule has 0 amide bonds. The number of halogens is 5. The van der Waals surface area contributed by atoms with Crippen molar-refractivity contribution in [3.63, 3.8) is 0 Å². The van der Waals surface area contributed by atoms with Crippen LogP contribution in [0.4, 0.5) is 0 Å². The Morgan fingerprint density at radius 2 is 0.774 bits per heavy atom. The van der Waals surface area contributed by atoms with E-state index in [1.54, 1.807) is 42.9 Å². The normalized spacial score (nSPS) is 11.8. The Hall–Kier alpha value is -13.6. The van der Waals surface area contributed by atoms with E-state index in [4.69, 9.17) is 71.6 Å². The molecular formula is C77H61Cl5N26O7. The van der Waals surface area contributed by atoms with E-state index in [0.717, 1.165) is 90.6 Å². The van der Waals surface area contributed by atoms with Crippen LogP contribution in [0, 0.1) is 6.92 Å². The summed E-state index contributed by atoms with van der Waals surface area (Å²) >= 11 is 31.9. The van der Waals surface area contributed by atoms with Crippen LogP contribution in [-0.4, -0.2) is 138 Å². The van der Waals surface area contributed by atoms with Crippen molar-refractivity contribution in [3.8, 4) is 142 Å². The molecule has 115 heavy (non-hydrogen) atoms. The first-order chi connectivity index (χ1) is 55.5. The highest BCUT2D eigenvalue weighted by Crippen LogP contribution is 2.40. The zero-order chi connectivity index (χ0) is 80.3. The maximum absolute atomic E-state index is 11.1. The van der Waals surface area contributed by atoms with Crippen molar-refractivity contribution >= 4 is 58.0 Å². The fourth-order valence-electron chi connectivity index (χ4n) is 11.3. The van der Waals surface area contributed by atoms with Gasteiger partial charge in [-0.1, -0.05) is 146 Å². The molecule has 1 aliphatic rings. The molecule has 1 fully saturated rings. The lowest BCUT2D eigenvalue weighted by molar-refractivity contribution is 0.303. The van der Waals surface area contributed by atoms with Gasteiger partial charge < -0.3 is 13.6 Å². The molecule has 0 radical (unpaired) electrons. The van der Waals surface area contributed by atoms with E-state index < -0.39 is 11.5 Å². The number of aromatic nitrogens is 26. The quantitative estimate of drug-likeness (QED) is 0.0675. The lowest BCUT2D eigenvalue weighted by Gasteiger charge is -2.21. The number of tetrazole rings is 3. The van der Waals surface area contributed by atoms with Crippen molar-refractivity contribution in [2.24, 2.45) is 0 Å². The molecule has 5 aromatic carbocycles. The van der Waals surface area contributed by atoms with Gasteiger partial charge in [0.1, 0.15) is 77.4 Å². The third kappa shape index (κ3) is 19.1. The van der Waals surface area contributed by atoms with Crippen LogP contribution in [0.3, 0.4) is 0 Å². The van der Waals surface area contributed by atoms with Gasteiger partial charge in [0.2, 0.25) is 29.1 Å². The summed E-state index contributed by atoms with van der Waals surface area (Å²) in [5.74, 6) is 2.63. The molecule has 0 bridgehead atoms. The number of nitrogens with zero attached hydrogens (tertiary/aromatic N) is 21. The second-order valence-electron chi connectivity index (χ2n) is 27.1. The van der Waals surface area contributed by atoms with Crippen molar-refractivity contribution in [1.29, 1.82) is 0 Å². The van der Waals surface area contributed by atoms with Crippen LogP contribution in [0.5, 0.6) is 5.75 Å². The Kier molecular flexibility index (Phi) is 23.5. The first kappa shape index (κ1) is 78.1. The van der Waals surface area contributed by atoms with Crippen molar-refractivity contribution < 1.29 is 22.6 Å². The number of ether oxygens (including phenoxy) is 1. The maximum atomic E-state index is 11.1. The van der Waals surface area contributed by atoms with Gasteiger partial charge >= 0.3 is 11.5 Å². The topological polar surface area (TPSA) is 446 Å². The molecule has 18 rings (SSSR count). The minimum Gasteiger partial charge on any atom is -0.489 e. The third-order valence-electron chi connectivity index (χ3n) is 17.1. The van der Waals surface area contributed by atoms with Gasteiger partial charge in [-0.05, 0) is 160 Å². The number of rotatable bonds is 14. The predicted molar refractivity (Wildman–Crippen MR) is 425 cm³/mol. The number of H-pyrrole nitrogens is 5. The maximum Gasteiger partial charge on any atom is 0.439 e.